The Hall–Kier alpha value is -1.49. The summed E-state index contributed by atoms with van der Waals surface area (Å²) >= 11 is 0. The van der Waals surface area contributed by atoms with Crippen LogP contribution in [-0.2, 0) is 11.3 Å². The molecule has 1 aromatic rings. The van der Waals surface area contributed by atoms with Crippen LogP contribution in [0.3, 0.4) is 0 Å². The van der Waals surface area contributed by atoms with Gasteiger partial charge in [0, 0.05) is 0 Å². The fourth-order valence-electron chi connectivity index (χ4n) is 1.05. The van der Waals surface area contributed by atoms with Gasteiger partial charge >= 0.3 is 0 Å². The van der Waals surface area contributed by atoms with E-state index in [4.69, 9.17) is 20.1 Å². The summed E-state index contributed by atoms with van der Waals surface area (Å²) in [6.07, 6.45) is 1.85. The second-order valence-corrected chi connectivity index (χ2v) is 2.81. The molecule has 0 aliphatic heterocycles. The lowest BCUT2D eigenvalue weighted by Crippen LogP contribution is -2.30. The molecular weight excluding hydrogens is 184 g/mol. The molecule has 1 rings (SSSR count). The molecule has 5 nitrogen and oxygen atoms in total. The molecule has 0 spiro atoms. The van der Waals surface area contributed by atoms with E-state index in [-0.39, 0.29) is 11.9 Å². The second-order valence-electron chi connectivity index (χ2n) is 2.81. The number of hydrogen-bond acceptors (Lipinski definition) is 4. The Kier molecular flexibility index (Phi) is 4.00. The van der Waals surface area contributed by atoms with Crippen molar-refractivity contribution in [3.63, 3.8) is 0 Å². The lowest BCUT2D eigenvalue weighted by atomic mass is 10.2. The van der Waals surface area contributed by atoms with Gasteiger partial charge in [-0.2, -0.15) is 0 Å². The van der Waals surface area contributed by atoms with Crippen molar-refractivity contribution in [3.05, 3.63) is 24.2 Å². The molecule has 1 heterocycles. The van der Waals surface area contributed by atoms with E-state index >= 15 is 0 Å². The first-order chi connectivity index (χ1) is 6.77. The third-order valence-corrected chi connectivity index (χ3v) is 1.82. The highest BCUT2D eigenvalue weighted by Gasteiger charge is 2.12. The van der Waals surface area contributed by atoms with Gasteiger partial charge in [0.15, 0.2) is 5.84 Å². The summed E-state index contributed by atoms with van der Waals surface area (Å²) in [6.45, 7) is 2.21. The minimum Gasteiger partial charge on any atom is -0.467 e. The summed E-state index contributed by atoms with van der Waals surface area (Å²) in [5.74, 6) is 0.799. The predicted molar refractivity (Wildman–Crippen MR) is 51.0 cm³/mol. The van der Waals surface area contributed by atoms with Gasteiger partial charge in [-0.15, -0.1) is 0 Å². The molecule has 0 amide bonds. The summed E-state index contributed by atoms with van der Waals surface area (Å²) < 4.78 is 10.5. The Morgan fingerprint density at radius 1 is 1.79 bits per heavy atom. The summed E-state index contributed by atoms with van der Waals surface area (Å²) in [5.41, 5.74) is 5.41. The predicted octanol–water partition coefficient (Wildman–Crippen LogP) is 1.32. The summed E-state index contributed by atoms with van der Waals surface area (Å²) in [7, 11) is 0. The lowest BCUT2D eigenvalue weighted by Gasteiger charge is -2.12. The second kappa shape index (κ2) is 5.29. The molecule has 5 heteroatoms. The van der Waals surface area contributed by atoms with E-state index in [1.165, 1.54) is 0 Å². The maximum atomic E-state index is 8.45. The number of amidine groups is 1. The van der Waals surface area contributed by atoms with E-state index < -0.39 is 0 Å². The van der Waals surface area contributed by atoms with Crippen LogP contribution >= 0.6 is 0 Å². The summed E-state index contributed by atoms with van der Waals surface area (Å²) in [5, 5.41) is 11.4. The first-order valence-corrected chi connectivity index (χ1v) is 4.39. The van der Waals surface area contributed by atoms with E-state index in [0.29, 0.717) is 18.8 Å². The van der Waals surface area contributed by atoms with Gasteiger partial charge in [0.05, 0.1) is 6.26 Å². The highest BCUT2D eigenvalue weighted by atomic mass is 16.5. The number of furan rings is 1. The van der Waals surface area contributed by atoms with E-state index in [9.17, 15) is 0 Å². The topological polar surface area (TPSA) is 81.0 Å². The maximum absolute atomic E-state index is 8.45. The fourth-order valence-corrected chi connectivity index (χ4v) is 1.05. The molecule has 0 radical (unpaired) electrons. The van der Waals surface area contributed by atoms with Crippen LogP contribution in [0.1, 0.15) is 19.1 Å². The standard InChI is InChI=1S/C9H14N2O3/c1-2-8(9(10)11-12)14-6-7-4-3-5-13-7/h3-5,8,12H,2,6H2,1H3,(H2,10,11). The molecule has 0 saturated heterocycles. The van der Waals surface area contributed by atoms with Crippen molar-refractivity contribution in [2.75, 3.05) is 0 Å². The van der Waals surface area contributed by atoms with Crippen molar-refractivity contribution in [3.8, 4) is 0 Å². The average molecular weight is 198 g/mol. The summed E-state index contributed by atoms with van der Waals surface area (Å²) in [6, 6.07) is 3.59. The first kappa shape index (κ1) is 10.6. The Balaban J connectivity index is 2.42. The number of nitrogens with two attached hydrogens (primary N) is 1. The summed E-state index contributed by atoms with van der Waals surface area (Å²) in [4.78, 5) is 0. The van der Waals surface area contributed by atoms with E-state index in [1.54, 1.807) is 18.4 Å². The Bertz CT molecular complexity index is 282. The van der Waals surface area contributed by atoms with Crippen molar-refractivity contribution >= 4 is 5.84 Å². The van der Waals surface area contributed by atoms with E-state index in [1.807, 2.05) is 6.92 Å². The number of oxime groups is 1. The van der Waals surface area contributed by atoms with Crippen molar-refractivity contribution in [2.45, 2.75) is 26.1 Å². The third-order valence-electron chi connectivity index (χ3n) is 1.82. The SMILES string of the molecule is CCC(OCc1ccco1)C(N)=NO. The average Bonchev–Trinajstić information content (AvgIpc) is 2.71. The maximum Gasteiger partial charge on any atom is 0.168 e. The lowest BCUT2D eigenvalue weighted by molar-refractivity contribution is 0.0672. The minimum atomic E-state index is -0.370. The van der Waals surface area contributed by atoms with Gasteiger partial charge < -0.3 is 20.1 Å². The largest absolute Gasteiger partial charge is 0.467 e. The molecule has 0 fully saturated rings. The van der Waals surface area contributed by atoms with Crippen LogP contribution < -0.4 is 5.73 Å². The smallest absolute Gasteiger partial charge is 0.168 e. The Labute approximate surface area is 82.1 Å². The molecule has 78 valence electrons. The van der Waals surface area contributed by atoms with Gasteiger partial charge in [-0.05, 0) is 18.6 Å². The molecule has 14 heavy (non-hydrogen) atoms. The molecule has 1 aromatic heterocycles. The molecule has 0 aliphatic rings. The van der Waals surface area contributed by atoms with Gasteiger partial charge in [0.1, 0.15) is 18.5 Å². The van der Waals surface area contributed by atoms with Crippen LogP contribution in [0.5, 0.6) is 0 Å². The van der Waals surface area contributed by atoms with Crippen LogP contribution in [0.4, 0.5) is 0 Å². The zero-order chi connectivity index (χ0) is 10.4. The highest BCUT2D eigenvalue weighted by Crippen LogP contribution is 2.06. The highest BCUT2D eigenvalue weighted by molar-refractivity contribution is 5.84. The zero-order valence-corrected chi connectivity index (χ0v) is 8.01. The minimum absolute atomic E-state index is 0.0825. The van der Waals surface area contributed by atoms with Crippen LogP contribution in [0.2, 0.25) is 0 Å². The van der Waals surface area contributed by atoms with Gasteiger partial charge in [-0.3, -0.25) is 0 Å². The van der Waals surface area contributed by atoms with Crippen molar-refractivity contribution in [1.82, 2.24) is 0 Å². The first-order valence-electron chi connectivity index (χ1n) is 4.39. The van der Waals surface area contributed by atoms with Crippen LogP contribution in [0, 0.1) is 0 Å². The quantitative estimate of drug-likeness (QED) is 0.323. The van der Waals surface area contributed by atoms with Crippen molar-refractivity contribution in [2.24, 2.45) is 10.9 Å². The number of nitrogens with zero attached hydrogens (tertiary/aromatic N) is 1. The van der Waals surface area contributed by atoms with Gasteiger partial charge in [0.2, 0.25) is 0 Å². The Morgan fingerprint density at radius 2 is 2.57 bits per heavy atom. The molecular formula is C9H14N2O3. The molecule has 0 bridgehead atoms. The molecule has 0 aromatic carbocycles. The van der Waals surface area contributed by atoms with Gasteiger partial charge in [-0.1, -0.05) is 12.1 Å². The monoisotopic (exact) mass is 198 g/mol. The van der Waals surface area contributed by atoms with Crippen molar-refractivity contribution < 1.29 is 14.4 Å². The van der Waals surface area contributed by atoms with E-state index in [0.717, 1.165) is 0 Å². The fraction of sp³-hybridized carbons (Fsp3) is 0.444. The van der Waals surface area contributed by atoms with Crippen LogP contribution in [0.15, 0.2) is 28.0 Å². The molecule has 1 atom stereocenters. The third kappa shape index (κ3) is 2.77. The normalized spacial score (nSPS) is 14.2. The number of hydrogen-bond donors (Lipinski definition) is 2. The molecule has 0 saturated carbocycles. The van der Waals surface area contributed by atoms with E-state index in [2.05, 4.69) is 5.16 Å². The Morgan fingerprint density at radius 3 is 3.07 bits per heavy atom. The van der Waals surface area contributed by atoms with Crippen molar-refractivity contribution in [1.29, 1.82) is 0 Å². The molecule has 1 unspecified atom stereocenters. The van der Waals surface area contributed by atoms with Gasteiger partial charge in [-0.25, -0.2) is 0 Å². The molecule has 0 aliphatic carbocycles. The number of ether oxygens (including phenoxy) is 1. The molecule has 3 N–H and O–H groups in total. The van der Waals surface area contributed by atoms with Crippen LogP contribution in [-0.4, -0.2) is 17.1 Å². The van der Waals surface area contributed by atoms with Gasteiger partial charge in [0.25, 0.3) is 0 Å². The zero-order valence-electron chi connectivity index (χ0n) is 8.01. The van der Waals surface area contributed by atoms with Crippen LogP contribution in [0.25, 0.3) is 0 Å². The number of rotatable bonds is 5.